The lowest BCUT2D eigenvalue weighted by atomic mass is 9.92. The maximum atomic E-state index is 12.7. The van der Waals surface area contributed by atoms with E-state index in [0.717, 1.165) is 5.56 Å². The van der Waals surface area contributed by atoms with Crippen LogP contribution in [0.2, 0.25) is 0 Å². The van der Waals surface area contributed by atoms with Crippen LogP contribution in [-0.2, 0) is 16.3 Å². The van der Waals surface area contributed by atoms with Crippen molar-refractivity contribution >= 4 is 9.84 Å². The number of rotatable bonds is 6. The molecule has 1 atom stereocenters. The first-order valence-electron chi connectivity index (χ1n) is 5.82. The van der Waals surface area contributed by atoms with E-state index in [-0.39, 0.29) is 11.6 Å². The minimum atomic E-state index is -2.99. The topological polar surface area (TPSA) is 54.4 Å². The molecule has 1 N–H and O–H groups in total. The Kier molecular flexibility index (Phi) is 4.87. The number of aliphatic hydroxyl groups is 1. The van der Waals surface area contributed by atoms with Gasteiger partial charge >= 0.3 is 0 Å². The molecule has 1 aromatic rings. The summed E-state index contributed by atoms with van der Waals surface area (Å²) in [6, 6.07) is 5.95. The molecule has 0 saturated carbocycles. The van der Waals surface area contributed by atoms with Crippen LogP contribution in [0.4, 0.5) is 4.39 Å². The number of benzene rings is 1. The van der Waals surface area contributed by atoms with E-state index in [9.17, 15) is 17.9 Å². The van der Waals surface area contributed by atoms with Crippen LogP contribution in [0.5, 0.6) is 0 Å². The average Bonchev–Trinajstić information content (AvgIpc) is 2.18. The van der Waals surface area contributed by atoms with Crippen LogP contribution in [0.15, 0.2) is 24.3 Å². The van der Waals surface area contributed by atoms with E-state index in [2.05, 4.69) is 0 Å². The molecular formula is C13H19FO3S. The monoisotopic (exact) mass is 274 g/mol. The van der Waals surface area contributed by atoms with E-state index < -0.39 is 15.4 Å². The lowest BCUT2D eigenvalue weighted by molar-refractivity contribution is 0.0507. The molecule has 0 aliphatic heterocycles. The minimum Gasteiger partial charge on any atom is -0.390 e. The molecule has 0 heterocycles. The fraction of sp³-hybridized carbons (Fsp3) is 0.538. The first-order chi connectivity index (χ1) is 8.18. The van der Waals surface area contributed by atoms with Gasteiger partial charge in [0.15, 0.2) is 0 Å². The second kappa shape index (κ2) is 5.80. The summed E-state index contributed by atoms with van der Waals surface area (Å²) in [4.78, 5) is 0. The third-order valence-electron chi connectivity index (χ3n) is 2.73. The predicted octanol–water partition coefficient (Wildman–Crippen LogP) is 1.94. The lowest BCUT2D eigenvalue weighted by Crippen LogP contribution is -2.27. The van der Waals surface area contributed by atoms with Crippen LogP contribution >= 0.6 is 0 Å². The Bertz CT molecular complexity index is 477. The van der Waals surface area contributed by atoms with Crippen molar-refractivity contribution in [3.63, 3.8) is 0 Å². The van der Waals surface area contributed by atoms with Crippen LogP contribution in [0.25, 0.3) is 0 Å². The van der Waals surface area contributed by atoms with Crippen LogP contribution in [0.1, 0.15) is 25.3 Å². The van der Waals surface area contributed by atoms with Crippen molar-refractivity contribution in [3.05, 3.63) is 35.6 Å². The highest BCUT2D eigenvalue weighted by Crippen LogP contribution is 2.19. The van der Waals surface area contributed by atoms with Gasteiger partial charge < -0.3 is 5.11 Å². The van der Waals surface area contributed by atoms with Crippen molar-refractivity contribution in [3.8, 4) is 0 Å². The number of hydrogen-bond donors (Lipinski definition) is 1. The molecule has 0 amide bonds. The zero-order valence-electron chi connectivity index (χ0n) is 10.7. The van der Waals surface area contributed by atoms with E-state index in [0.29, 0.717) is 19.3 Å². The fourth-order valence-corrected chi connectivity index (χ4v) is 2.51. The van der Waals surface area contributed by atoms with Crippen molar-refractivity contribution in [1.82, 2.24) is 0 Å². The van der Waals surface area contributed by atoms with Gasteiger partial charge in [-0.1, -0.05) is 12.1 Å². The number of sulfone groups is 1. The summed E-state index contributed by atoms with van der Waals surface area (Å²) < 4.78 is 34.7. The summed E-state index contributed by atoms with van der Waals surface area (Å²) in [6.45, 7) is 1.67. The Morgan fingerprint density at radius 1 is 1.28 bits per heavy atom. The largest absolute Gasteiger partial charge is 0.390 e. The molecule has 1 rings (SSSR count). The van der Waals surface area contributed by atoms with Crippen molar-refractivity contribution in [1.29, 1.82) is 0 Å². The van der Waals surface area contributed by atoms with Crippen LogP contribution in [0, 0.1) is 5.82 Å². The Hall–Kier alpha value is -0.940. The SMILES string of the molecule is CC(O)(CCCS(C)(=O)=O)Cc1ccc(F)cc1. The molecule has 0 saturated heterocycles. The molecule has 0 aromatic heterocycles. The van der Waals surface area contributed by atoms with Gasteiger partial charge in [-0.25, -0.2) is 12.8 Å². The summed E-state index contributed by atoms with van der Waals surface area (Å²) in [5.74, 6) is -0.234. The molecular weight excluding hydrogens is 255 g/mol. The molecule has 0 aliphatic carbocycles. The second-order valence-electron chi connectivity index (χ2n) is 5.03. The maximum Gasteiger partial charge on any atom is 0.147 e. The van der Waals surface area contributed by atoms with Gasteiger partial charge in [-0.15, -0.1) is 0 Å². The number of halogens is 1. The standard InChI is InChI=1S/C13H19FO3S/c1-13(15,8-3-9-18(2,16)17)10-11-4-6-12(14)7-5-11/h4-7,15H,3,8-10H2,1-2H3. The molecule has 1 unspecified atom stereocenters. The van der Waals surface area contributed by atoms with Crippen LogP contribution < -0.4 is 0 Å². The van der Waals surface area contributed by atoms with Gasteiger partial charge in [0, 0.05) is 18.4 Å². The molecule has 0 aliphatic rings. The number of hydrogen-bond acceptors (Lipinski definition) is 3. The van der Waals surface area contributed by atoms with Crippen molar-refractivity contribution < 1.29 is 17.9 Å². The highest BCUT2D eigenvalue weighted by Gasteiger charge is 2.21. The van der Waals surface area contributed by atoms with Gasteiger partial charge in [0.25, 0.3) is 0 Å². The van der Waals surface area contributed by atoms with Gasteiger partial charge in [0.05, 0.1) is 5.60 Å². The van der Waals surface area contributed by atoms with Crippen molar-refractivity contribution in [2.75, 3.05) is 12.0 Å². The molecule has 0 fully saturated rings. The maximum absolute atomic E-state index is 12.7. The molecule has 1 aromatic carbocycles. The summed E-state index contributed by atoms with van der Waals surface area (Å²) in [5.41, 5.74) is -0.136. The average molecular weight is 274 g/mol. The predicted molar refractivity (Wildman–Crippen MR) is 69.7 cm³/mol. The van der Waals surface area contributed by atoms with Gasteiger partial charge in [-0.3, -0.25) is 0 Å². The summed E-state index contributed by atoms with van der Waals surface area (Å²) in [7, 11) is -2.99. The zero-order chi connectivity index (χ0) is 13.8. The Morgan fingerprint density at radius 2 is 1.83 bits per heavy atom. The minimum absolute atomic E-state index is 0.0760. The van der Waals surface area contributed by atoms with Gasteiger partial charge in [-0.05, 0) is 37.5 Å². The van der Waals surface area contributed by atoms with Gasteiger partial charge in [-0.2, -0.15) is 0 Å². The Balaban J connectivity index is 2.51. The van der Waals surface area contributed by atoms with Crippen molar-refractivity contribution in [2.24, 2.45) is 0 Å². The fourth-order valence-electron chi connectivity index (χ4n) is 1.85. The van der Waals surface area contributed by atoms with Crippen LogP contribution in [-0.4, -0.2) is 31.1 Å². The Morgan fingerprint density at radius 3 is 2.33 bits per heavy atom. The lowest BCUT2D eigenvalue weighted by Gasteiger charge is -2.23. The Labute approximate surface area is 108 Å². The molecule has 102 valence electrons. The summed E-state index contributed by atoms with van der Waals surface area (Å²) in [5, 5.41) is 10.1. The van der Waals surface area contributed by atoms with Gasteiger partial charge in [0.2, 0.25) is 0 Å². The van der Waals surface area contributed by atoms with E-state index in [1.165, 1.54) is 18.4 Å². The third-order valence-corrected chi connectivity index (χ3v) is 3.76. The first kappa shape index (κ1) is 15.1. The summed E-state index contributed by atoms with van der Waals surface area (Å²) in [6.07, 6.45) is 2.39. The van der Waals surface area contributed by atoms with Crippen LogP contribution in [0.3, 0.4) is 0 Å². The van der Waals surface area contributed by atoms with E-state index in [1.807, 2.05) is 0 Å². The van der Waals surface area contributed by atoms with Crippen molar-refractivity contribution in [2.45, 2.75) is 31.8 Å². The molecule has 0 radical (unpaired) electrons. The highest BCUT2D eigenvalue weighted by atomic mass is 32.2. The normalized spacial score (nSPS) is 15.3. The highest BCUT2D eigenvalue weighted by molar-refractivity contribution is 7.90. The second-order valence-corrected chi connectivity index (χ2v) is 7.29. The molecule has 5 heteroatoms. The zero-order valence-corrected chi connectivity index (χ0v) is 11.5. The van der Waals surface area contributed by atoms with E-state index in [4.69, 9.17) is 0 Å². The van der Waals surface area contributed by atoms with Gasteiger partial charge in [0.1, 0.15) is 15.7 Å². The first-order valence-corrected chi connectivity index (χ1v) is 7.89. The van der Waals surface area contributed by atoms with E-state index >= 15 is 0 Å². The van der Waals surface area contributed by atoms with E-state index in [1.54, 1.807) is 19.1 Å². The smallest absolute Gasteiger partial charge is 0.147 e. The molecule has 0 spiro atoms. The quantitative estimate of drug-likeness (QED) is 0.862. The molecule has 18 heavy (non-hydrogen) atoms. The summed E-state index contributed by atoms with van der Waals surface area (Å²) >= 11 is 0. The molecule has 3 nitrogen and oxygen atoms in total. The third kappa shape index (κ3) is 6.12. The molecule has 0 bridgehead atoms.